The molecule has 0 radical (unpaired) electrons. The van der Waals surface area contributed by atoms with Crippen molar-refractivity contribution in [3.63, 3.8) is 0 Å². The molecule has 2 heterocycles. The average molecular weight is 372 g/mol. The van der Waals surface area contributed by atoms with Gasteiger partial charge in [0, 0.05) is 52.3 Å². The standard InChI is InChI=1S/C20H28N4O3/c1-4-5-7-18(25)23-10-6-11-24(13-12-23)19(26)15-8-9-16-17(14-15)22(3)20(27)21(16)2/h8-9,14H,4-7,10-13H2,1-3H3. The van der Waals surface area contributed by atoms with Gasteiger partial charge < -0.3 is 9.80 Å². The van der Waals surface area contributed by atoms with Crippen molar-refractivity contribution in [1.29, 1.82) is 0 Å². The second-order valence-electron chi connectivity index (χ2n) is 7.23. The molecule has 1 saturated heterocycles. The molecular formula is C20H28N4O3. The number of hydrogen-bond donors (Lipinski definition) is 0. The Balaban J connectivity index is 1.74. The van der Waals surface area contributed by atoms with Gasteiger partial charge in [0.2, 0.25) is 5.91 Å². The van der Waals surface area contributed by atoms with E-state index < -0.39 is 0 Å². The molecule has 1 aromatic heterocycles. The second kappa shape index (κ2) is 7.98. The van der Waals surface area contributed by atoms with Crippen molar-refractivity contribution in [1.82, 2.24) is 18.9 Å². The third-order valence-electron chi connectivity index (χ3n) is 5.40. The SMILES string of the molecule is CCCCC(=O)N1CCCN(C(=O)c2ccc3c(c2)n(C)c(=O)n3C)CC1. The smallest absolute Gasteiger partial charge is 0.328 e. The molecule has 0 atom stereocenters. The lowest BCUT2D eigenvalue weighted by atomic mass is 10.1. The van der Waals surface area contributed by atoms with Crippen molar-refractivity contribution in [2.45, 2.75) is 32.6 Å². The molecule has 0 aliphatic carbocycles. The monoisotopic (exact) mass is 372 g/mol. The predicted molar refractivity (Wildman–Crippen MR) is 105 cm³/mol. The fourth-order valence-corrected chi connectivity index (χ4v) is 3.68. The Morgan fingerprint density at radius 2 is 1.63 bits per heavy atom. The summed E-state index contributed by atoms with van der Waals surface area (Å²) in [5, 5.41) is 0. The molecule has 146 valence electrons. The number of carbonyl (C=O) groups is 2. The van der Waals surface area contributed by atoms with Crippen molar-refractivity contribution in [3.05, 3.63) is 34.2 Å². The van der Waals surface area contributed by atoms with E-state index in [0.29, 0.717) is 38.2 Å². The molecule has 1 aromatic carbocycles. The first-order chi connectivity index (χ1) is 12.9. The fraction of sp³-hybridized carbons (Fsp3) is 0.550. The molecule has 1 aliphatic rings. The number of unbranched alkanes of at least 4 members (excludes halogenated alkanes) is 1. The molecule has 3 rings (SSSR count). The number of imidazole rings is 1. The van der Waals surface area contributed by atoms with E-state index >= 15 is 0 Å². The van der Waals surface area contributed by atoms with Gasteiger partial charge in [0.25, 0.3) is 5.91 Å². The summed E-state index contributed by atoms with van der Waals surface area (Å²) in [6, 6.07) is 5.38. The van der Waals surface area contributed by atoms with Gasteiger partial charge in [0.05, 0.1) is 11.0 Å². The van der Waals surface area contributed by atoms with Crippen molar-refractivity contribution in [3.8, 4) is 0 Å². The van der Waals surface area contributed by atoms with Gasteiger partial charge in [-0.15, -0.1) is 0 Å². The van der Waals surface area contributed by atoms with Crippen LogP contribution in [-0.4, -0.2) is 56.9 Å². The van der Waals surface area contributed by atoms with Crippen molar-refractivity contribution >= 4 is 22.8 Å². The van der Waals surface area contributed by atoms with E-state index in [4.69, 9.17) is 0 Å². The van der Waals surface area contributed by atoms with E-state index in [1.54, 1.807) is 35.4 Å². The molecule has 7 nitrogen and oxygen atoms in total. The van der Waals surface area contributed by atoms with Gasteiger partial charge in [-0.2, -0.15) is 0 Å². The lowest BCUT2D eigenvalue weighted by Gasteiger charge is -2.22. The Morgan fingerprint density at radius 3 is 2.37 bits per heavy atom. The molecule has 0 spiro atoms. The van der Waals surface area contributed by atoms with Gasteiger partial charge >= 0.3 is 5.69 Å². The van der Waals surface area contributed by atoms with Crippen LogP contribution in [0.15, 0.2) is 23.0 Å². The summed E-state index contributed by atoms with van der Waals surface area (Å²) < 4.78 is 3.14. The maximum Gasteiger partial charge on any atom is 0.328 e. The van der Waals surface area contributed by atoms with Crippen LogP contribution in [0, 0.1) is 0 Å². The van der Waals surface area contributed by atoms with Crippen LogP contribution in [-0.2, 0) is 18.9 Å². The van der Waals surface area contributed by atoms with Crippen LogP contribution >= 0.6 is 0 Å². The number of benzene rings is 1. The summed E-state index contributed by atoms with van der Waals surface area (Å²) in [4.78, 5) is 41.0. The van der Waals surface area contributed by atoms with Crippen molar-refractivity contribution in [2.75, 3.05) is 26.2 Å². The first-order valence-corrected chi connectivity index (χ1v) is 9.66. The Bertz CT molecular complexity index is 912. The summed E-state index contributed by atoms with van der Waals surface area (Å²) in [5.74, 6) is 0.142. The van der Waals surface area contributed by atoms with E-state index in [2.05, 4.69) is 6.92 Å². The van der Waals surface area contributed by atoms with Crippen LogP contribution in [0.2, 0.25) is 0 Å². The predicted octanol–water partition coefficient (Wildman–Crippen LogP) is 1.74. The molecule has 0 unspecified atom stereocenters. The highest BCUT2D eigenvalue weighted by atomic mass is 16.2. The second-order valence-corrected chi connectivity index (χ2v) is 7.23. The van der Waals surface area contributed by atoms with E-state index in [9.17, 15) is 14.4 Å². The summed E-state index contributed by atoms with van der Waals surface area (Å²) in [6.45, 7) is 4.55. The number of hydrogen-bond acceptors (Lipinski definition) is 3. The minimum absolute atomic E-state index is 0.0453. The number of amides is 2. The average Bonchev–Trinajstić information content (AvgIpc) is 2.87. The highest BCUT2D eigenvalue weighted by Gasteiger charge is 2.23. The minimum atomic E-state index is -0.106. The third kappa shape index (κ3) is 3.77. The van der Waals surface area contributed by atoms with Crippen LogP contribution in [0.25, 0.3) is 11.0 Å². The van der Waals surface area contributed by atoms with Gasteiger partial charge in [-0.3, -0.25) is 18.7 Å². The number of nitrogens with zero attached hydrogens (tertiary/aromatic N) is 4. The molecule has 2 aromatic rings. The Morgan fingerprint density at radius 1 is 0.963 bits per heavy atom. The molecule has 0 bridgehead atoms. The fourth-order valence-electron chi connectivity index (χ4n) is 3.68. The van der Waals surface area contributed by atoms with E-state index in [-0.39, 0.29) is 17.5 Å². The zero-order valence-corrected chi connectivity index (χ0v) is 16.4. The highest BCUT2D eigenvalue weighted by Crippen LogP contribution is 2.17. The van der Waals surface area contributed by atoms with E-state index in [1.165, 1.54) is 0 Å². The van der Waals surface area contributed by atoms with Crippen molar-refractivity contribution in [2.24, 2.45) is 14.1 Å². The summed E-state index contributed by atoms with van der Waals surface area (Å²) in [5.41, 5.74) is 2.03. The maximum absolute atomic E-state index is 13.0. The third-order valence-corrected chi connectivity index (χ3v) is 5.40. The van der Waals surface area contributed by atoms with Crippen LogP contribution in [0.4, 0.5) is 0 Å². The van der Waals surface area contributed by atoms with Crippen LogP contribution < -0.4 is 5.69 Å². The maximum atomic E-state index is 13.0. The summed E-state index contributed by atoms with van der Waals surface area (Å²) in [6.07, 6.45) is 3.29. The van der Waals surface area contributed by atoms with E-state index in [0.717, 1.165) is 30.3 Å². The molecule has 0 saturated carbocycles. The van der Waals surface area contributed by atoms with Gasteiger partial charge in [-0.1, -0.05) is 13.3 Å². The van der Waals surface area contributed by atoms with Crippen molar-refractivity contribution < 1.29 is 9.59 Å². The van der Waals surface area contributed by atoms with Gasteiger partial charge in [0.15, 0.2) is 0 Å². The molecule has 1 fully saturated rings. The molecule has 7 heteroatoms. The largest absolute Gasteiger partial charge is 0.341 e. The van der Waals surface area contributed by atoms with Gasteiger partial charge in [-0.05, 0) is 31.0 Å². The normalized spacial score (nSPS) is 15.2. The number of aromatic nitrogens is 2. The lowest BCUT2D eigenvalue weighted by Crippen LogP contribution is -2.37. The minimum Gasteiger partial charge on any atom is -0.341 e. The van der Waals surface area contributed by atoms with Crippen LogP contribution in [0.1, 0.15) is 43.0 Å². The van der Waals surface area contributed by atoms with Crippen LogP contribution in [0.3, 0.4) is 0 Å². The topological polar surface area (TPSA) is 67.6 Å². The lowest BCUT2D eigenvalue weighted by molar-refractivity contribution is -0.131. The van der Waals surface area contributed by atoms with E-state index in [1.807, 2.05) is 15.9 Å². The Labute approximate surface area is 159 Å². The highest BCUT2D eigenvalue weighted by molar-refractivity contribution is 5.97. The summed E-state index contributed by atoms with van der Waals surface area (Å²) in [7, 11) is 3.44. The van der Waals surface area contributed by atoms with Crippen LogP contribution in [0.5, 0.6) is 0 Å². The zero-order chi connectivity index (χ0) is 19.6. The molecule has 0 N–H and O–H groups in total. The van der Waals surface area contributed by atoms with Gasteiger partial charge in [-0.25, -0.2) is 4.79 Å². The molecular weight excluding hydrogens is 344 g/mol. The zero-order valence-electron chi connectivity index (χ0n) is 16.4. The first-order valence-electron chi connectivity index (χ1n) is 9.66. The number of rotatable bonds is 4. The molecule has 1 aliphatic heterocycles. The quantitative estimate of drug-likeness (QED) is 0.821. The Kier molecular flexibility index (Phi) is 5.68. The number of fused-ring (bicyclic) bond motifs is 1. The summed E-state index contributed by atoms with van der Waals surface area (Å²) >= 11 is 0. The first kappa shape index (κ1) is 19.2. The number of carbonyl (C=O) groups excluding carboxylic acids is 2. The number of aryl methyl sites for hydroxylation is 2. The molecule has 2 amide bonds. The Hall–Kier alpha value is -2.57. The van der Waals surface area contributed by atoms with Gasteiger partial charge in [0.1, 0.15) is 0 Å². The molecule has 27 heavy (non-hydrogen) atoms.